The highest BCUT2D eigenvalue weighted by molar-refractivity contribution is 9.10. The second-order valence-electron chi connectivity index (χ2n) is 3.02. The van der Waals surface area contributed by atoms with Gasteiger partial charge in [0.2, 0.25) is 0 Å². The van der Waals surface area contributed by atoms with E-state index in [1.807, 2.05) is 0 Å². The molecule has 6 heteroatoms. The third-order valence-corrected chi connectivity index (χ3v) is 2.62. The molecule has 0 saturated carbocycles. The van der Waals surface area contributed by atoms with E-state index in [2.05, 4.69) is 26.3 Å². The smallest absolute Gasteiger partial charge is 0.268 e. The molecule has 0 bridgehead atoms. The molecule has 0 atom stereocenters. The van der Waals surface area contributed by atoms with Crippen LogP contribution < -0.4 is 5.43 Å². The Labute approximate surface area is 105 Å². The molecule has 0 unspecified atom stereocenters. The van der Waals surface area contributed by atoms with E-state index in [1.165, 1.54) is 6.20 Å². The van der Waals surface area contributed by atoms with Gasteiger partial charge in [-0.2, -0.15) is 0 Å². The number of halogens is 2. The number of nitrogens with zero attached hydrogens (tertiary/aromatic N) is 2. The van der Waals surface area contributed by atoms with Gasteiger partial charge in [0, 0.05) is 23.1 Å². The SMILES string of the molecule is O=C(Nn1cccc1)c1cc(Br)cnc1Cl. The van der Waals surface area contributed by atoms with Gasteiger partial charge in [-0.05, 0) is 34.1 Å². The molecule has 2 rings (SSSR count). The van der Waals surface area contributed by atoms with Gasteiger partial charge in [0.15, 0.2) is 0 Å². The Morgan fingerprint density at radius 1 is 1.44 bits per heavy atom. The number of pyridine rings is 1. The van der Waals surface area contributed by atoms with E-state index in [-0.39, 0.29) is 11.1 Å². The average Bonchev–Trinajstić information content (AvgIpc) is 2.74. The van der Waals surface area contributed by atoms with E-state index < -0.39 is 0 Å². The maximum absolute atomic E-state index is 11.8. The summed E-state index contributed by atoms with van der Waals surface area (Å²) in [5.41, 5.74) is 2.96. The van der Waals surface area contributed by atoms with Crippen molar-refractivity contribution in [1.82, 2.24) is 9.66 Å². The predicted molar refractivity (Wildman–Crippen MR) is 65.1 cm³/mol. The molecule has 0 aliphatic heterocycles. The van der Waals surface area contributed by atoms with Crippen LogP contribution in [0.15, 0.2) is 41.3 Å². The Morgan fingerprint density at radius 2 is 2.12 bits per heavy atom. The van der Waals surface area contributed by atoms with Crippen LogP contribution in [0.1, 0.15) is 10.4 Å². The lowest BCUT2D eigenvalue weighted by atomic mass is 10.3. The molecular weight excluding hydrogens is 293 g/mol. The monoisotopic (exact) mass is 299 g/mol. The number of nitrogens with one attached hydrogen (secondary N) is 1. The van der Waals surface area contributed by atoms with Gasteiger partial charge >= 0.3 is 0 Å². The van der Waals surface area contributed by atoms with Gasteiger partial charge < -0.3 is 0 Å². The quantitative estimate of drug-likeness (QED) is 0.867. The molecular formula is C10H7BrClN3O. The van der Waals surface area contributed by atoms with Gasteiger partial charge in [0.25, 0.3) is 5.91 Å². The van der Waals surface area contributed by atoms with Crippen LogP contribution in [0.3, 0.4) is 0 Å². The van der Waals surface area contributed by atoms with Crippen LogP contribution in [-0.4, -0.2) is 15.6 Å². The second-order valence-corrected chi connectivity index (χ2v) is 4.30. The Morgan fingerprint density at radius 3 is 2.81 bits per heavy atom. The summed E-state index contributed by atoms with van der Waals surface area (Å²) in [6, 6.07) is 5.23. The summed E-state index contributed by atoms with van der Waals surface area (Å²) < 4.78 is 2.24. The Bertz CT molecular complexity index is 513. The van der Waals surface area contributed by atoms with Crippen LogP contribution in [0.2, 0.25) is 5.15 Å². The van der Waals surface area contributed by atoms with Gasteiger partial charge in [0.1, 0.15) is 5.15 Å². The summed E-state index contributed by atoms with van der Waals surface area (Å²) in [6.07, 6.45) is 4.98. The molecule has 0 aromatic carbocycles. The molecule has 1 amide bonds. The number of hydrogen-bond donors (Lipinski definition) is 1. The van der Waals surface area contributed by atoms with Crippen LogP contribution in [0.25, 0.3) is 0 Å². The van der Waals surface area contributed by atoms with Crippen molar-refractivity contribution >= 4 is 33.4 Å². The molecule has 82 valence electrons. The fourth-order valence-corrected chi connectivity index (χ4v) is 1.69. The largest absolute Gasteiger partial charge is 0.273 e. The number of carbonyl (C=O) groups excluding carboxylic acids is 1. The summed E-state index contributed by atoms with van der Waals surface area (Å²) in [7, 11) is 0. The first kappa shape index (κ1) is 11.2. The number of aromatic nitrogens is 2. The summed E-state index contributed by atoms with van der Waals surface area (Å²) in [4.78, 5) is 15.7. The van der Waals surface area contributed by atoms with Gasteiger partial charge in [-0.1, -0.05) is 11.6 Å². The van der Waals surface area contributed by atoms with Crippen LogP contribution in [0, 0.1) is 0 Å². The lowest BCUT2D eigenvalue weighted by Gasteiger charge is -2.07. The zero-order chi connectivity index (χ0) is 11.5. The molecule has 4 nitrogen and oxygen atoms in total. The van der Waals surface area contributed by atoms with Crippen LogP contribution in [-0.2, 0) is 0 Å². The molecule has 2 aromatic heterocycles. The molecule has 1 N–H and O–H groups in total. The minimum Gasteiger partial charge on any atom is -0.268 e. The molecule has 0 aliphatic rings. The molecule has 0 saturated heterocycles. The van der Waals surface area contributed by atoms with Crippen molar-refractivity contribution in [3.05, 3.63) is 52.0 Å². The Hall–Kier alpha value is -1.33. The van der Waals surface area contributed by atoms with Crippen LogP contribution >= 0.6 is 27.5 Å². The minimum absolute atomic E-state index is 0.174. The van der Waals surface area contributed by atoms with Crippen molar-refractivity contribution < 1.29 is 4.79 Å². The van der Waals surface area contributed by atoms with Crippen LogP contribution in [0.4, 0.5) is 0 Å². The minimum atomic E-state index is -0.310. The van der Waals surface area contributed by atoms with Crippen LogP contribution in [0.5, 0.6) is 0 Å². The summed E-state index contributed by atoms with van der Waals surface area (Å²) in [6.45, 7) is 0. The van der Waals surface area contributed by atoms with E-state index >= 15 is 0 Å². The molecule has 2 heterocycles. The summed E-state index contributed by atoms with van der Waals surface area (Å²) in [5.74, 6) is -0.310. The van der Waals surface area contributed by atoms with E-state index in [1.54, 1.807) is 35.3 Å². The van der Waals surface area contributed by atoms with Crippen molar-refractivity contribution in [2.75, 3.05) is 5.43 Å². The molecule has 16 heavy (non-hydrogen) atoms. The van der Waals surface area contributed by atoms with Gasteiger partial charge in [-0.25, -0.2) is 4.98 Å². The van der Waals surface area contributed by atoms with Gasteiger partial charge in [-0.3, -0.25) is 14.9 Å². The zero-order valence-electron chi connectivity index (χ0n) is 8.02. The lowest BCUT2D eigenvalue weighted by Crippen LogP contribution is -2.21. The van der Waals surface area contributed by atoms with Crippen molar-refractivity contribution in [3.63, 3.8) is 0 Å². The van der Waals surface area contributed by atoms with Gasteiger partial charge in [-0.15, -0.1) is 0 Å². The van der Waals surface area contributed by atoms with Gasteiger partial charge in [0.05, 0.1) is 5.56 Å². The third-order valence-electron chi connectivity index (χ3n) is 1.89. The number of hydrogen-bond acceptors (Lipinski definition) is 2. The average molecular weight is 301 g/mol. The second kappa shape index (κ2) is 4.67. The maximum atomic E-state index is 11.8. The first-order valence-electron chi connectivity index (χ1n) is 4.42. The topological polar surface area (TPSA) is 46.9 Å². The van der Waals surface area contributed by atoms with E-state index in [0.29, 0.717) is 10.0 Å². The van der Waals surface area contributed by atoms with E-state index in [4.69, 9.17) is 11.6 Å². The Kier molecular flexibility index (Phi) is 3.26. The normalized spacial score (nSPS) is 10.1. The van der Waals surface area contributed by atoms with Crippen molar-refractivity contribution in [2.45, 2.75) is 0 Å². The highest BCUT2D eigenvalue weighted by Gasteiger charge is 2.11. The van der Waals surface area contributed by atoms with E-state index in [0.717, 1.165) is 0 Å². The first-order valence-corrected chi connectivity index (χ1v) is 5.59. The van der Waals surface area contributed by atoms with Crippen molar-refractivity contribution in [2.24, 2.45) is 0 Å². The molecule has 2 aromatic rings. The summed E-state index contributed by atoms with van der Waals surface area (Å²) >= 11 is 9.06. The number of rotatable bonds is 2. The predicted octanol–water partition coefficient (Wildman–Crippen LogP) is 2.68. The summed E-state index contributed by atoms with van der Waals surface area (Å²) in [5, 5.41) is 0.174. The molecule has 0 fully saturated rings. The lowest BCUT2D eigenvalue weighted by molar-refractivity contribution is 0.101. The van der Waals surface area contributed by atoms with E-state index in [9.17, 15) is 4.79 Å². The molecule has 0 aliphatic carbocycles. The standard InChI is InChI=1S/C10H7BrClN3O/c11-7-5-8(9(12)13-6-7)10(16)14-15-3-1-2-4-15/h1-6H,(H,14,16). The zero-order valence-corrected chi connectivity index (χ0v) is 10.4. The Balaban J connectivity index is 2.24. The first-order chi connectivity index (χ1) is 7.66. The number of carbonyl (C=O) groups is 1. The molecule has 0 radical (unpaired) electrons. The van der Waals surface area contributed by atoms with Crippen molar-refractivity contribution in [1.29, 1.82) is 0 Å². The van der Waals surface area contributed by atoms with Crippen molar-refractivity contribution in [3.8, 4) is 0 Å². The third kappa shape index (κ3) is 2.43. The maximum Gasteiger partial charge on any atom is 0.273 e. The molecule has 0 spiro atoms. The fourth-order valence-electron chi connectivity index (χ4n) is 1.17. The number of amides is 1. The highest BCUT2D eigenvalue weighted by atomic mass is 79.9. The highest BCUT2D eigenvalue weighted by Crippen LogP contribution is 2.18. The fraction of sp³-hybridized carbons (Fsp3) is 0.